The molecule has 2 aliphatic heterocycles. The van der Waals surface area contributed by atoms with E-state index in [1.54, 1.807) is 6.92 Å². The van der Waals surface area contributed by atoms with Gasteiger partial charge in [-0.2, -0.15) is 0 Å². The highest BCUT2D eigenvalue weighted by Gasteiger charge is 2.28. The number of thioether (sulfide) groups is 1. The van der Waals surface area contributed by atoms with Crippen molar-refractivity contribution in [1.82, 2.24) is 10.2 Å². The third kappa shape index (κ3) is 5.07. The summed E-state index contributed by atoms with van der Waals surface area (Å²) in [5, 5.41) is 10.9. The average molecular weight is 469 g/mol. The number of ether oxygens (including phenoxy) is 3. The molecule has 0 bridgehead atoms. The molecule has 2 unspecified atom stereocenters. The van der Waals surface area contributed by atoms with Crippen molar-refractivity contribution in [3.63, 3.8) is 0 Å². The van der Waals surface area contributed by atoms with Crippen molar-refractivity contribution < 1.29 is 23.4 Å². The number of nitrogens with one attached hydrogen (secondary N) is 1. The number of para-hydroxylation sites is 2. The lowest BCUT2D eigenvalue weighted by Crippen LogP contribution is -2.36. The van der Waals surface area contributed by atoms with Crippen LogP contribution in [0.1, 0.15) is 18.9 Å². The lowest BCUT2D eigenvalue weighted by atomic mass is 10.2. The number of carbonyl (C=O) groups is 1. The molecule has 5 rings (SSSR count). The molecule has 1 saturated heterocycles. The molecule has 9 nitrogen and oxygen atoms in total. The van der Waals surface area contributed by atoms with Crippen molar-refractivity contribution >= 4 is 29.0 Å². The van der Waals surface area contributed by atoms with Crippen molar-refractivity contribution in [3.05, 3.63) is 54.4 Å². The van der Waals surface area contributed by atoms with Crippen LogP contribution >= 0.6 is 11.8 Å². The van der Waals surface area contributed by atoms with E-state index in [-0.39, 0.29) is 12.5 Å². The van der Waals surface area contributed by atoms with Gasteiger partial charge >= 0.3 is 0 Å². The van der Waals surface area contributed by atoms with Gasteiger partial charge in [0.05, 0.1) is 18.5 Å². The zero-order valence-electron chi connectivity index (χ0n) is 18.1. The Bertz CT molecular complexity index is 1100. The molecule has 1 fully saturated rings. The molecule has 33 heavy (non-hydrogen) atoms. The first-order valence-electron chi connectivity index (χ1n) is 10.8. The molecule has 2 aromatic carbocycles. The number of benzene rings is 2. The molecule has 0 spiro atoms. The summed E-state index contributed by atoms with van der Waals surface area (Å²) in [6.07, 6.45) is -0.490. The molecule has 3 heterocycles. The smallest absolute Gasteiger partial charge is 0.277 e. The first-order chi connectivity index (χ1) is 16.2. The van der Waals surface area contributed by atoms with Crippen LogP contribution in [0.5, 0.6) is 11.5 Å². The second-order valence-corrected chi connectivity index (χ2v) is 8.96. The van der Waals surface area contributed by atoms with Crippen LogP contribution in [-0.2, 0) is 9.53 Å². The number of rotatable bonds is 6. The van der Waals surface area contributed by atoms with Crippen LogP contribution in [0, 0.1) is 0 Å². The molecule has 1 aromatic heterocycles. The summed E-state index contributed by atoms with van der Waals surface area (Å²) in [5.74, 6) is 1.49. The average Bonchev–Trinajstić information content (AvgIpc) is 3.33. The van der Waals surface area contributed by atoms with Gasteiger partial charge in [-0.25, -0.2) is 0 Å². The second kappa shape index (κ2) is 9.72. The van der Waals surface area contributed by atoms with Crippen LogP contribution in [-0.4, -0.2) is 54.3 Å². The molecule has 1 amide bonds. The van der Waals surface area contributed by atoms with E-state index in [1.165, 1.54) is 11.8 Å². The summed E-state index contributed by atoms with van der Waals surface area (Å²) in [7, 11) is 0. The topological polar surface area (TPSA) is 99.0 Å². The molecule has 0 saturated carbocycles. The number of hydrogen-bond acceptors (Lipinski definition) is 9. The van der Waals surface area contributed by atoms with Gasteiger partial charge in [-0.15, -0.1) is 10.2 Å². The van der Waals surface area contributed by atoms with Gasteiger partial charge < -0.3 is 28.8 Å². The van der Waals surface area contributed by atoms with Crippen LogP contribution in [0.4, 0.5) is 11.4 Å². The maximum absolute atomic E-state index is 12.7. The first-order valence-corrected chi connectivity index (χ1v) is 11.7. The minimum atomic E-state index is -0.490. The monoisotopic (exact) mass is 468 g/mol. The fourth-order valence-electron chi connectivity index (χ4n) is 3.57. The molecular weight excluding hydrogens is 444 g/mol. The van der Waals surface area contributed by atoms with Crippen molar-refractivity contribution in [2.24, 2.45) is 0 Å². The van der Waals surface area contributed by atoms with Gasteiger partial charge in [0.15, 0.2) is 11.5 Å². The number of nitrogens with zero attached hydrogens (tertiary/aromatic N) is 3. The minimum Gasteiger partial charge on any atom is -0.485 e. The van der Waals surface area contributed by atoms with E-state index in [0.717, 1.165) is 37.7 Å². The highest BCUT2D eigenvalue weighted by atomic mass is 32.2. The largest absolute Gasteiger partial charge is 0.485 e. The number of morpholine rings is 1. The summed E-state index contributed by atoms with van der Waals surface area (Å²) in [6, 6.07) is 15.3. The number of aromatic nitrogens is 2. The van der Waals surface area contributed by atoms with Gasteiger partial charge in [0.2, 0.25) is 12.0 Å². The van der Waals surface area contributed by atoms with Gasteiger partial charge in [0, 0.05) is 24.5 Å². The number of anilines is 2. The molecule has 2 atom stereocenters. The Kier molecular flexibility index (Phi) is 6.36. The number of fused-ring (bicyclic) bond motifs is 1. The Morgan fingerprint density at radius 2 is 1.85 bits per heavy atom. The van der Waals surface area contributed by atoms with Crippen LogP contribution < -0.4 is 19.7 Å². The molecule has 0 radical (unpaired) electrons. The summed E-state index contributed by atoms with van der Waals surface area (Å²) in [4.78, 5) is 14.9. The maximum atomic E-state index is 12.7. The van der Waals surface area contributed by atoms with Gasteiger partial charge in [-0.1, -0.05) is 23.9 Å². The normalized spacial score (nSPS) is 18.6. The van der Waals surface area contributed by atoms with E-state index in [1.807, 2.05) is 48.5 Å². The molecule has 172 valence electrons. The predicted octanol–water partition coefficient (Wildman–Crippen LogP) is 3.54. The Morgan fingerprint density at radius 3 is 2.64 bits per heavy atom. The van der Waals surface area contributed by atoms with E-state index in [4.69, 9.17) is 18.6 Å². The maximum Gasteiger partial charge on any atom is 0.277 e. The van der Waals surface area contributed by atoms with E-state index >= 15 is 0 Å². The molecular formula is C23H24N4O5S. The summed E-state index contributed by atoms with van der Waals surface area (Å²) >= 11 is 1.20. The summed E-state index contributed by atoms with van der Waals surface area (Å²) in [6.45, 7) is 5.28. The molecule has 3 aromatic rings. The quantitative estimate of drug-likeness (QED) is 0.545. The fourth-order valence-corrected chi connectivity index (χ4v) is 4.25. The fraction of sp³-hybridized carbons (Fsp3) is 0.348. The lowest BCUT2D eigenvalue weighted by Gasteiger charge is -2.28. The number of hydrogen-bond donors (Lipinski definition) is 1. The lowest BCUT2D eigenvalue weighted by molar-refractivity contribution is -0.115. The Morgan fingerprint density at radius 1 is 1.09 bits per heavy atom. The van der Waals surface area contributed by atoms with Crippen molar-refractivity contribution in [2.45, 2.75) is 23.5 Å². The zero-order valence-corrected chi connectivity index (χ0v) is 18.9. The number of carbonyl (C=O) groups excluding carboxylic acids is 1. The predicted molar refractivity (Wildman–Crippen MR) is 123 cm³/mol. The van der Waals surface area contributed by atoms with Crippen molar-refractivity contribution in [2.75, 3.05) is 43.1 Å². The van der Waals surface area contributed by atoms with E-state index < -0.39 is 11.4 Å². The van der Waals surface area contributed by atoms with Gasteiger partial charge in [-0.3, -0.25) is 4.79 Å². The van der Waals surface area contributed by atoms with E-state index in [0.29, 0.717) is 22.6 Å². The standard InChI is InChI=1S/C23H24N4O5S/c1-15(21(28)24-16-6-8-17(9-7-16)27-10-12-29-13-11-27)33-23-26-25-22(32-23)20-14-30-18-4-2-3-5-19(18)31-20/h2-9,15,20H,10-14H2,1H3,(H,24,28). The van der Waals surface area contributed by atoms with E-state index in [2.05, 4.69) is 20.4 Å². The molecule has 10 heteroatoms. The molecule has 0 aliphatic carbocycles. The summed E-state index contributed by atoms with van der Waals surface area (Å²) in [5.41, 5.74) is 1.86. The third-order valence-corrected chi connectivity index (χ3v) is 6.30. The molecule has 1 N–H and O–H groups in total. The van der Waals surface area contributed by atoms with Crippen molar-refractivity contribution in [1.29, 1.82) is 0 Å². The second-order valence-electron chi connectivity index (χ2n) is 7.67. The first kappa shape index (κ1) is 21.6. The highest BCUT2D eigenvalue weighted by Crippen LogP contribution is 2.36. The Labute approximate surface area is 195 Å². The van der Waals surface area contributed by atoms with Crippen LogP contribution in [0.2, 0.25) is 0 Å². The van der Waals surface area contributed by atoms with Crippen LogP contribution in [0.15, 0.2) is 58.2 Å². The SMILES string of the molecule is CC(Sc1nnc(C2COc3ccccc3O2)o1)C(=O)Nc1ccc(N2CCOCC2)cc1. The summed E-state index contributed by atoms with van der Waals surface area (Å²) < 4.78 is 22.7. The van der Waals surface area contributed by atoms with Crippen LogP contribution in [0.3, 0.4) is 0 Å². The third-order valence-electron chi connectivity index (χ3n) is 5.36. The number of amides is 1. The zero-order chi connectivity index (χ0) is 22.6. The minimum absolute atomic E-state index is 0.148. The molecule has 2 aliphatic rings. The van der Waals surface area contributed by atoms with Gasteiger partial charge in [-0.05, 0) is 43.3 Å². The van der Waals surface area contributed by atoms with Gasteiger partial charge in [0.25, 0.3) is 11.1 Å². The Balaban J connectivity index is 1.15. The van der Waals surface area contributed by atoms with Gasteiger partial charge in [0.1, 0.15) is 6.61 Å². The van der Waals surface area contributed by atoms with Crippen LogP contribution in [0.25, 0.3) is 0 Å². The van der Waals surface area contributed by atoms with E-state index in [9.17, 15) is 4.79 Å². The Hall–Kier alpha value is -3.24. The van der Waals surface area contributed by atoms with Crippen molar-refractivity contribution in [3.8, 4) is 11.5 Å². The highest BCUT2D eigenvalue weighted by molar-refractivity contribution is 8.00.